The summed E-state index contributed by atoms with van der Waals surface area (Å²) >= 11 is 0. The summed E-state index contributed by atoms with van der Waals surface area (Å²) in [5.41, 5.74) is 0. The summed E-state index contributed by atoms with van der Waals surface area (Å²) in [5, 5.41) is 2.67. The Balaban J connectivity index is 1.50. The van der Waals surface area contributed by atoms with Crippen molar-refractivity contribution in [3.05, 3.63) is 24.3 Å². The first kappa shape index (κ1) is 16.6. The van der Waals surface area contributed by atoms with Crippen molar-refractivity contribution in [1.29, 1.82) is 0 Å². The molecule has 0 aliphatic carbocycles. The minimum absolute atomic E-state index is 0.248. The maximum atomic E-state index is 12.3. The van der Waals surface area contributed by atoms with Crippen LogP contribution in [0.5, 0.6) is 11.5 Å². The first-order chi connectivity index (χ1) is 11.5. The zero-order valence-electron chi connectivity index (χ0n) is 14.2. The zero-order chi connectivity index (χ0) is 17.1. The van der Waals surface area contributed by atoms with Crippen molar-refractivity contribution in [2.75, 3.05) is 26.2 Å². The van der Waals surface area contributed by atoms with Crippen molar-refractivity contribution in [2.24, 2.45) is 11.8 Å². The number of fused-ring (bicyclic) bond motifs is 1. The Morgan fingerprint density at radius 3 is 2.54 bits per heavy atom. The normalized spacial score (nSPS) is 25.9. The number of benzene rings is 1. The van der Waals surface area contributed by atoms with Gasteiger partial charge in [0, 0.05) is 13.1 Å². The highest BCUT2D eigenvalue weighted by molar-refractivity contribution is 6.35. The average Bonchev–Trinajstić information content (AvgIpc) is 2.58. The topological polar surface area (TPSA) is 67.9 Å². The van der Waals surface area contributed by atoms with Crippen LogP contribution in [0.1, 0.15) is 20.3 Å². The van der Waals surface area contributed by atoms with Gasteiger partial charge in [-0.3, -0.25) is 9.59 Å². The lowest BCUT2D eigenvalue weighted by molar-refractivity contribution is -0.147. The molecule has 0 saturated carbocycles. The fourth-order valence-electron chi connectivity index (χ4n) is 3.42. The van der Waals surface area contributed by atoms with E-state index in [1.807, 2.05) is 24.3 Å². The lowest BCUT2D eigenvalue weighted by Crippen LogP contribution is -2.51. The number of carbonyl (C=O) groups is 2. The van der Waals surface area contributed by atoms with Crippen LogP contribution in [0.25, 0.3) is 0 Å². The lowest BCUT2D eigenvalue weighted by atomic mass is 9.92. The molecule has 3 rings (SSSR count). The van der Waals surface area contributed by atoms with Crippen LogP contribution in [0.3, 0.4) is 0 Å². The van der Waals surface area contributed by atoms with Gasteiger partial charge >= 0.3 is 11.8 Å². The molecule has 1 fully saturated rings. The summed E-state index contributed by atoms with van der Waals surface area (Å²) < 4.78 is 11.4. The van der Waals surface area contributed by atoms with Gasteiger partial charge in [0.1, 0.15) is 12.7 Å². The van der Waals surface area contributed by atoms with E-state index >= 15 is 0 Å². The minimum atomic E-state index is -0.571. The van der Waals surface area contributed by atoms with E-state index in [4.69, 9.17) is 9.47 Å². The van der Waals surface area contributed by atoms with Crippen molar-refractivity contribution in [3.8, 4) is 11.5 Å². The van der Waals surface area contributed by atoms with Crippen molar-refractivity contribution in [2.45, 2.75) is 26.4 Å². The maximum absolute atomic E-state index is 12.3. The summed E-state index contributed by atoms with van der Waals surface area (Å²) in [5.74, 6) is 1.19. The summed E-state index contributed by atoms with van der Waals surface area (Å²) in [7, 11) is 0. The molecule has 130 valence electrons. The first-order valence-corrected chi connectivity index (χ1v) is 8.48. The van der Waals surface area contributed by atoms with E-state index in [1.54, 1.807) is 4.90 Å². The third kappa shape index (κ3) is 3.80. The van der Waals surface area contributed by atoms with Crippen molar-refractivity contribution < 1.29 is 19.1 Å². The van der Waals surface area contributed by atoms with Gasteiger partial charge in [-0.1, -0.05) is 26.0 Å². The Morgan fingerprint density at radius 1 is 1.17 bits per heavy atom. The van der Waals surface area contributed by atoms with E-state index in [9.17, 15) is 9.59 Å². The standard InChI is InChI=1S/C18H24N2O4/c1-12-7-13(2)10-20(9-12)18(22)17(21)19-8-14-11-23-15-5-3-4-6-16(15)24-14/h3-6,12-14H,7-11H2,1-2H3,(H,19,21). The molecule has 2 heterocycles. The molecule has 0 aromatic heterocycles. The molecule has 0 bridgehead atoms. The summed E-state index contributed by atoms with van der Waals surface area (Å²) in [6.45, 7) is 6.11. The molecular formula is C18H24N2O4. The molecule has 24 heavy (non-hydrogen) atoms. The van der Waals surface area contributed by atoms with Gasteiger partial charge in [-0.2, -0.15) is 0 Å². The fraction of sp³-hybridized carbons (Fsp3) is 0.556. The molecule has 1 saturated heterocycles. The van der Waals surface area contributed by atoms with Gasteiger partial charge in [-0.25, -0.2) is 0 Å². The second-order valence-electron chi connectivity index (χ2n) is 6.86. The monoisotopic (exact) mass is 332 g/mol. The van der Waals surface area contributed by atoms with E-state index < -0.39 is 11.8 Å². The highest BCUT2D eigenvalue weighted by Gasteiger charge is 2.30. The average molecular weight is 332 g/mol. The number of hydrogen-bond acceptors (Lipinski definition) is 4. The Kier molecular flexibility index (Phi) is 4.92. The quantitative estimate of drug-likeness (QED) is 0.833. The van der Waals surface area contributed by atoms with Gasteiger partial charge < -0.3 is 19.7 Å². The van der Waals surface area contributed by atoms with Gasteiger partial charge in [0.05, 0.1) is 6.54 Å². The molecule has 3 unspecified atom stereocenters. The number of rotatable bonds is 2. The molecule has 6 nitrogen and oxygen atoms in total. The van der Waals surface area contributed by atoms with Crippen LogP contribution in [0, 0.1) is 11.8 Å². The summed E-state index contributed by atoms with van der Waals surface area (Å²) in [4.78, 5) is 26.1. The van der Waals surface area contributed by atoms with E-state index in [1.165, 1.54) is 0 Å². The fourth-order valence-corrected chi connectivity index (χ4v) is 3.42. The molecule has 0 radical (unpaired) electrons. The van der Waals surface area contributed by atoms with E-state index in [2.05, 4.69) is 19.2 Å². The first-order valence-electron chi connectivity index (χ1n) is 8.48. The highest BCUT2D eigenvalue weighted by Crippen LogP contribution is 2.30. The van der Waals surface area contributed by atoms with E-state index in [-0.39, 0.29) is 12.6 Å². The second kappa shape index (κ2) is 7.11. The number of para-hydroxylation sites is 2. The lowest BCUT2D eigenvalue weighted by Gasteiger charge is -2.34. The smallest absolute Gasteiger partial charge is 0.311 e. The number of amides is 2. The van der Waals surface area contributed by atoms with Crippen LogP contribution in [0.2, 0.25) is 0 Å². The summed E-state index contributed by atoms with van der Waals surface area (Å²) in [6.07, 6.45) is 0.800. The molecule has 1 N–H and O–H groups in total. The largest absolute Gasteiger partial charge is 0.486 e. The SMILES string of the molecule is CC1CC(C)CN(C(=O)C(=O)NCC2COc3ccccc3O2)C1. The number of nitrogens with zero attached hydrogens (tertiary/aromatic N) is 1. The number of ether oxygens (including phenoxy) is 2. The van der Waals surface area contributed by atoms with Gasteiger partial charge in [-0.15, -0.1) is 0 Å². The van der Waals surface area contributed by atoms with Gasteiger partial charge in [0.15, 0.2) is 11.5 Å². The van der Waals surface area contributed by atoms with Crippen molar-refractivity contribution in [3.63, 3.8) is 0 Å². The molecule has 2 aliphatic heterocycles. The second-order valence-corrected chi connectivity index (χ2v) is 6.86. The molecule has 1 aromatic carbocycles. The van der Waals surface area contributed by atoms with Gasteiger partial charge in [0.2, 0.25) is 0 Å². The van der Waals surface area contributed by atoms with Crippen LogP contribution < -0.4 is 14.8 Å². The Hall–Kier alpha value is -2.24. The molecule has 1 aromatic rings. The number of likely N-dealkylation sites (tertiary alicyclic amines) is 1. The molecule has 0 spiro atoms. The number of carbonyl (C=O) groups excluding carboxylic acids is 2. The van der Waals surface area contributed by atoms with Crippen LogP contribution in [0.4, 0.5) is 0 Å². The number of hydrogen-bond donors (Lipinski definition) is 1. The number of piperidine rings is 1. The zero-order valence-corrected chi connectivity index (χ0v) is 14.2. The van der Waals surface area contributed by atoms with Crippen LogP contribution in [-0.4, -0.2) is 49.1 Å². The number of nitrogens with one attached hydrogen (secondary N) is 1. The predicted octanol–water partition coefficient (Wildman–Crippen LogP) is 1.45. The molecular weight excluding hydrogens is 308 g/mol. The minimum Gasteiger partial charge on any atom is -0.486 e. The molecule has 2 amide bonds. The summed E-state index contributed by atoms with van der Waals surface area (Å²) in [6, 6.07) is 7.41. The van der Waals surface area contributed by atoms with Crippen LogP contribution >= 0.6 is 0 Å². The van der Waals surface area contributed by atoms with Crippen LogP contribution in [-0.2, 0) is 9.59 Å². The molecule has 3 atom stereocenters. The third-order valence-electron chi connectivity index (χ3n) is 4.41. The van der Waals surface area contributed by atoms with E-state index in [0.717, 1.165) is 6.42 Å². The Labute approximate surface area is 142 Å². The van der Waals surface area contributed by atoms with Crippen LogP contribution in [0.15, 0.2) is 24.3 Å². The predicted molar refractivity (Wildman–Crippen MR) is 88.9 cm³/mol. The maximum Gasteiger partial charge on any atom is 0.311 e. The van der Waals surface area contributed by atoms with E-state index in [0.29, 0.717) is 43.0 Å². The van der Waals surface area contributed by atoms with Crippen molar-refractivity contribution >= 4 is 11.8 Å². The third-order valence-corrected chi connectivity index (χ3v) is 4.41. The molecule has 2 aliphatic rings. The Morgan fingerprint density at radius 2 is 1.83 bits per heavy atom. The highest BCUT2D eigenvalue weighted by atomic mass is 16.6. The molecule has 6 heteroatoms. The van der Waals surface area contributed by atoms with Gasteiger partial charge in [-0.05, 0) is 30.4 Å². The van der Waals surface area contributed by atoms with Crippen molar-refractivity contribution in [1.82, 2.24) is 10.2 Å². The van der Waals surface area contributed by atoms with Gasteiger partial charge in [0.25, 0.3) is 0 Å². The Bertz CT molecular complexity index is 609.